The average molecular weight is 928 g/mol. The number of ether oxygens (including phenoxy) is 1. The van der Waals surface area contributed by atoms with E-state index in [1.165, 1.54) is 85.8 Å². The molecule has 4 aromatic carbocycles. The minimum Gasteiger partial charge on any atom is -0.493 e. The molecular formula is C47H55Cl4N5O4S. The van der Waals surface area contributed by atoms with E-state index in [1.54, 1.807) is 30.3 Å². The molecule has 0 bridgehead atoms. The van der Waals surface area contributed by atoms with Crippen LogP contribution in [0, 0.1) is 13.8 Å². The third-order valence-corrected chi connectivity index (χ3v) is 12.5. The highest BCUT2D eigenvalue weighted by molar-refractivity contribution is 8.01. The number of nitrogens with one attached hydrogen (secondary N) is 3. The molecule has 0 aliphatic carbocycles. The summed E-state index contributed by atoms with van der Waals surface area (Å²) in [6.07, 6.45) is 14.6. The molecule has 61 heavy (non-hydrogen) atoms. The number of benzene rings is 4. The zero-order valence-corrected chi connectivity index (χ0v) is 38.9. The van der Waals surface area contributed by atoms with E-state index in [4.69, 9.17) is 56.1 Å². The van der Waals surface area contributed by atoms with E-state index in [0.717, 1.165) is 35.5 Å². The maximum Gasteiger partial charge on any atom is 0.267 e. The van der Waals surface area contributed by atoms with Gasteiger partial charge in [0.2, 0.25) is 11.8 Å². The maximum absolute atomic E-state index is 14.2. The first kappa shape index (κ1) is 48.1. The number of aliphatic imine (C=N–C) groups is 1. The number of carbonyl (C=O) groups is 3. The van der Waals surface area contributed by atoms with Gasteiger partial charge in [0.05, 0.1) is 27.4 Å². The SMILES string of the molecule is CCCCCCCCCCCCCC(=O)Nc1ccc(Cl)c(N=C2NN(c3c(Cl)cc(Cl)cc3Cl)C(=O)C2Sc2ccc(NC(=O)CCCOc3ccc(C)cc3C)cc2)c1. The Morgan fingerprint density at radius 3 is 1.95 bits per heavy atom. The summed E-state index contributed by atoms with van der Waals surface area (Å²) in [6.45, 7) is 6.70. The smallest absolute Gasteiger partial charge is 0.267 e. The summed E-state index contributed by atoms with van der Waals surface area (Å²) in [6, 6.07) is 21.3. The summed E-state index contributed by atoms with van der Waals surface area (Å²) in [4.78, 5) is 45.3. The number of nitrogens with zero attached hydrogens (tertiary/aromatic N) is 2. The summed E-state index contributed by atoms with van der Waals surface area (Å²) >= 11 is 27.2. The van der Waals surface area contributed by atoms with Gasteiger partial charge in [-0.15, -0.1) is 11.8 Å². The number of anilines is 3. The molecule has 0 radical (unpaired) electrons. The normalized spacial score (nSPS) is 14.3. The lowest BCUT2D eigenvalue weighted by Crippen LogP contribution is -2.36. The van der Waals surface area contributed by atoms with E-state index < -0.39 is 5.25 Å². The summed E-state index contributed by atoms with van der Waals surface area (Å²) in [5.74, 6) is 0.480. The predicted octanol–water partition coefficient (Wildman–Crippen LogP) is 14.1. The maximum atomic E-state index is 14.2. The van der Waals surface area contributed by atoms with Crippen molar-refractivity contribution in [2.24, 2.45) is 4.99 Å². The van der Waals surface area contributed by atoms with Crippen molar-refractivity contribution in [1.29, 1.82) is 0 Å². The van der Waals surface area contributed by atoms with Crippen LogP contribution >= 0.6 is 58.2 Å². The summed E-state index contributed by atoms with van der Waals surface area (Å²) in [7, 11) is 0. The highest BCUT2D eigenvalue weighted by atomic mass is 35.5. The monoisotopic (exact) mass is 925 g/mol. The number of amidine groups is 1. The largest absolute Gasteiger partial charge is 0.493 e. The number of amides is 3. The van der Waals surface area contributed by atoms with Crippen LogP contribution in [0.25, 0.3) is 0 Å². The van der Waals surface area contributed by atoms with Crippen molar-refractivity contribution in [3.05, 3.63) is 104 Å². The molecule has 5 rings (SSSR count). The summed E-state index contributed by atoms with van der Waals surface area (Å²) in [5.41, 5.74) is 7.05. The fourth-order valence-corrected chi connectivity index (χ4v) is 9.03. The van der Waals surface area contributed by atoms with E-state index in [1.807, 2.05) is 38.1 Å². The summed E-state index contributed by atoms with van der Waals surface area (Å²) in [5, 5.41) is 7.26. The molecule has 14 heteroatoms. The van der Waals surface area contributed by atoms with E-state index in [-0.39, 0.29) is 39.3 Å². The lowest BCUT2D eigenvalue weighted by molar-refractivity contribution is -0.117. The zero-order chi connectivity index (χ0) is 43.7. The Hall–Kier alpha value is -3.93. The third kappa shape index (κ3) is 15.1. The minimum atomic E-state index is -0.879. The Kier molecular flexibility index (Phi) is 19.4. The van der Waals surface area contributed by atoms with Gasteiger partial charge in [0.1, 0.15) is 22.5 Å². The van der Waals surface area contributed by atoms with Gasteiger partial charge in [-0.2, -0.15) is 0 Å². The molecular weight excluding hydrogens is 872 g/mol. The van der Waals surface area contributed by atoms with E-state index in [9.17, 15) is 14.4 Å². The van der Waals surface area contributed by atoms with Crippen molar-refractivity contribution < 1.29 is 19.1 Å². The second-order valence-corrected chi connectivity index (χ2v) is 18.1. The first-order valence-electron chi connectivity index (χ1n) is 21.1. The first-order valence-corrected chi connectivity index (χ1v) is 23.5. The second kappa shape index (κ2) is 24.6. The number of rotatable bonds is 23. The lowest BCUT2D eigenvalue weighted by Gasteiger charge is -2.19. The minimum absolute atomic E-state index is 0.0838. The van der Waals surface area contributed by atoms with E-state index in [0.29, 0.717) is 53.0 Å². The van der Waals surface area contributed by atoms with Crippen LogP contribution in [-0.4, -0.2) is 35.4 Å². The molecule has 0 aromatic heterocycles. The van der Waals surface area contributed by atoms with Gasteiger partial charge in [-0.05, 0) is 92.9 Å². The molecule has 1 aliphatic heterocycles. The molecule has 1 saturated heterocycles. The molecule has 1 fully saturated rings. The number of aryl methyl sites for hydroxylation is 2. The van der Waals surface area contributed by atoms with Crippen molar-refractivity contribution in [2.45, 2.75) is 121 Å². The molecule has 1 aliphatic rings. The Morgan fingerprint density at radius 1 is 0.721 bits per heavy atom. The molecule has 3 amide bonds. The van der Waals surface area contributed by atoms with Crippen molar-refractivity contribution in [3.63, 3.8) is 0 Å². The van der Waals surface area contributed by atoms with Crippen LogP contribution in [-0.2, 0) is 14.4 Å². The molecule has 1 unspecified atom stereocenters. The van der Waals surface area contributed by atoms with Gasteiger partial charge in [0, 0.05) is 34.1 Å². The fraction of sp³-hybridized carbons (Fsp3) is 0.404. The van der Waals surface area contributed by atoms with Gasteiger partial charge in [-0.3, -0.25) is 19.8 Å². The van der Waals surface area contributed by atoms with Crippen LogP contribution in [0.3, 0.4) is 0 Å². The van der Waals surface area contributed by atoms with Crippen LogP contribution in [0.15, 0.2) is 82.7 Å². The number of halogens is 4. The van der Waals surface area contributed by atoms with Gasteiger partial charge in [-0.1, -0.05) is 135 Å². The third-order valence-electron chi connectivity index (χ3n) is 10.1. The molecule has 1 atom stereocenters. The number of carbonyl (C=O) groups excluding carboxylic acids is 3. The molecule has 4 aromatic rings. The van der Waals surface area contributed by atoms with Crippen molar-refractivity contribution in [2.75, 3.05) is 22.2 Å². The standard InChI is InChI=1S/C47H55Cl4N5O4S/c1-4-5-6-7-8-9-10-11-12-13-14-16-42(57)53-35-21-24-37(49)40(30-35)54-46-45(47(59)56(55-46)44-38(50)28-33(48)29-39(44)51)61-36-22-19-34(20-23-36)52-43(58)17-15-26-60-41-25-18-31(2)27-32(41)3/h18-25,27-30,45H,4-17,26H2,1-3H3,(H,52,58)(H,53,57)(H,54,55). The Morgan fingerprint density at radius 2 is 1.31 bits per heavy atom. The summed E-state index contributed by atoms with van der Waals surface area (Å²) < 4.78 is 5.87. The van der Waals surface area contributed by atoms with Gasteiger partial charge in [-0.25, -0.2) is 10.0 Å². The fourth-order valence-electron chi connectivity index (χ4n) is 6.90. The molecule has 3 N–H and O–H groups in total. The van der Waals surface area contributed by atoms with Crippen LogP contribution in [0.1, 0.15) is 108 Å². The van der Waals surface area contributed by atoms with Crippen molar-refractivity contribution in [1.82, 2.24) is 5.43 Å². The number of unbranched alkanes of at least 4 members (excludes halogenated alkanes) is 10. The Balaban J connectivity index is 1.21. The van der Waals surface area contributed by atoms with Crippen LogP contribution in [0.5, 0.6) is 5.75 Å². The molecule has 9 nitrogen and oxygen atoms in total. The average Bonchev–Trinajstić information content (AvgIpc) is 3.50. The van der Waals surface area contributed by atoms with Crippen LogP contribution < -0.4 is 25.8 Å². The molecule has 1 heterocycles. The van der Waals surface area contributed by atoms with E-state index in [2.05, 4.69) is 29.0 Å². The lowest BCUT2D eigenvalue weighted by atomic mass is 10.1. The highest BCUT2D eigenvalue weighted by Crippen LogP contribution is 2.40. The van der Waals surface area contributed by atoms with Crippen molar-refractivity contribution >= 4 is 104 Å². The number of thioether (sulfide) groups is 1. The second-order valence-electron chi connectivity index (χ2n) is 15.3. The van der Waals surface area contributed by atoms with Crippen molar-refractivity contribution in [3.8, 4) is 5.75 Å². The zero-order valence-electron chi connectivity index (χ0n) is 35.1. The quantitative estimate of drug-likeness (QED) is 0.0639. The van der Waals surface area contributed by atoms with Crippen LogP contribution in [0.4, 0.5) is 22.7 Å². The number of hydrogen-bond acceptors (Lipinski definition) is 6. The number of hydrazine groups is 1. The Labute approximate surface area is 384 Å². The highest BCUT2D eigenvalue weighted by Gasteiger charge is 2.41. The molecule has 0 saturated carbocycles. The number of hydrogen-bond donors (Lipinski definition) is 3. The van der Waals surface area contributed by atoms with Gasteiger partial charge >= 0.3 is 0 Å². The van der Waals surface area contributed by atoms with Gasteiger partial charge < -0.3 is 15.4 Å². The van der Waals surface area contributed by atoms with Crippen LogP contribution in [0.2, 0.25) is 20.1 Å². The van der Waals surface area contributed by atoms with Gasteiger partial charge in [0.25, 0.3) is 5.91 Å². The van der Waals surface area contributed by atoms with Gasteiger partial charge in [0.15, 0.2) is 0 Å². The topological polar surface area (TPSA) is 112 Å². The van der Waals surface area contributed by atoms with E-state index >= 15 is 0 Å². The Bertz CT molecular complexity index is 2130. The first-order chi connectivity index (χ1) is 29.4. The predicted molar refractivity (Wildman–Crippen MR) is 256 cm³/mol. The molecule has 326 valence electrons. The molecule has 0 spiro atoms.